The van der Waals surface area contributed by atoms with E-state index in [1.165, 1.54) is 49.7 Å². The van der Waals surface area contributed by atoms with Gasteiger partial charge in [-0.2, -0.15) is 0 Å². The number of nitrogens with zero attached hydrogens (tertiary/aromatic N) is 2. The van der Waals surface area contributed by atoms with Crippen molar-refractivity contribution in [2.45, 2.75) is 39.0 Å². The Balaban J connectivity index is 0.000000336. The van der Waals surface area contributed by atoms with E-state index in [0.717, 1.165) is 31.7 Å². The normalized spacial score (nSPS) is 13.4. The molecule has 2 aromatic rings. The van der Waals surface area contributed by atoms with Crippen LogP contribution in [-0.4, -0.2) is 32.4 Å². The van der Waals surface area contributed by atoms with E-state index in [1.807, 2.05) is 0 Å². The van der Waals surface area contributed by atoms with Crippen LogP contribution in [-0.2, 0) is 4.79 Å². The minimum absolute atomic E-state index is 0.0289. The number of nitro groups is 2. The number of carbonyl (C=O) groups is 2. The number of ketones is 1. The molecule has 32 heavy (non-hydrogen) atoms. The quantitative estimate of drug-likeness (QED) is 0.274. The first kappa shape index (κ1) is 24.3. The van der Waals surface area contributed by atoms with Crippen molar-refractivity contribution in [3.8, 4) is 11.1 Å². The third kappa shape index (κ3) is 6.27. The molecule has 0 amide bonds. The molecule has 0 aromatic heterocycles. The van der Waals surface area contributed by atoms with E-state index in [9.17, 15) is 29.8 Å². The summed E-state index contributed by atoms with van der Waals surface area (Å²) in [5, 5.41) is 37.7. The van der Waals surface area contributed by atoms with Crippen LogP contribution in [0.5, 0.6) is 0 Å². The maximum Gasteiger partial charge on any atom is 0.306 e. The zero-order valence-corrected chi connectivity index (χ0v) is 17.4. The number of carboxylic acids is 1. The second-order valence-corrected chi connectivity index (χ2v) is 7.42. The van der Waals surface area contributed by atoms with Crippen molar-refractivity contribution in [3.63, 3.8) is 0 Å². The number of carbonyl (C=O) groups excluding carboxylic acids is 1. The summed E-state index contributed by atoms with van der Waals surface area (Å²) < 4.78 is 0. The maximum atomic E-state index is 11.7. The van der Waals surface area contributed by atoms with Crippen molar-refractivity contribution in [1.29, 1.82) is 5.41 Å². The summed E-state index contributed by atoms with van der Waals surface area (Å²) >= 11 is 0. The Morgan fingerprint density at radius 1 is 0.969 bits per heavy atom. The van der Waals surface area contributed by atoms with Crippen LogP contribution in [0.4, 0.5) is 11.4 Å². The lowest BCUT2D eigenvalue weighted by Gasteiger charge is -2.16. The van der Waals surface area contributed by atoms with Gasteiger partial charge in [-0.1, -0.05) is 43.5 Å². The number of Topliss-reactive ketones (excluding diaryl/α,β-unsaturated/α-hetero) is 1. The molecule has 2 aromatic carbocycles. The van der Waals surface area contributed by atoms with E-state index in [-0.39, 0.29) is 28.6 Å². The van der Waals surface area contributed by atoms with Crippen LogP contribution in [0.25, 0.3) is 11.1 Å². The van der Waals surface area contributed by atoms with Crippen molar-refractivity contribution in [2.24, 2.45) is 5.92 Å². The molecule has 0 saturated heterocycles. The summed E-state index contributed by atoms with van der Waals surface area (Å²) in [7, 11) is 0. The van der Waals surface area contributed by atoms with Crippen LogP contribution >= 0.6 is 0 Å². The van der Waals surface area contributed by atoms with Crippen molar-refractivity contribution in [3.05, 3.63) is 68.3 Å². The molecule has 1 aliphatic carbocycles. The smallest absolute Gasteiger partial charge is 0.306 e. The van der Waals surface area contributed by atoms with E-state index in [4.69, 9.17) is 10.5 Å². The molecular weight excluding hydrogens is 418 g/mol. The number of nitrogens with one attached hydrogen (secondary N) is 1. The molecule has 0 atom stereocenters. The van der Waals surface area contributed by atoms with Crippen LogP contribution in [0.2, 0.25) is 0 Å². The third-order valence-electron chi connectivity index (χ3n) is 5.14. The van der Waals surface area contributed by atoms with E-state index >= 15 is 0 Å². The maximum absolute atomic E-state index is 11.7. The van der Waals surface area contributed by atoms with E-state index in [0.29, 0.717) is 11.1 Å². The fourth-order valence-electron chi connectivity index (χ4n) is 3.40. The molecule has 0 aliphatic heterocycles. The fourth-order valence-corrected chi connectivity index (χ4v) is 3.40. The number of carboxylic acid groups (broad SMARTS) is 1. The first-order chi connectivity index (χ1) is 15.1. The molecular formula is C22H23N3O7. The molecule has 1 fully saturated rings. The van der Waals surface area contributed by atoms with Gasteiger partial charge in [-0.3, -0.25) is 29.8 Å². The number of benzene rings is 2. The lowest BCUT2D eigenvalue weighted by Crippen LogP contribution is -2.16. The highest BCUT2D eigenvalue weighted by Gasteiger charge is 2.21. The molecule has 3 rings (SSSR count). The van der Waals surface area contributed by atoms with Gasteiger partial charge in [0.2, 0.25) is 5.78 Å². The molecule has 0 heterocycles. The second kappa shape index (κ2) is 10.9. The van der Waals surface area contributed by atoms with Gasteiger partial charge in [-0.15, -0.1) is 0 Å². The highest BCUT2D eigenvalue weighted by molar-refractivity contribution is 6.44. The molecule has 0 unspecified atom stereocenters. The Bertz CT molecular complexity index is 1040. The summed E-state index contributed by atoms with van der Waals surface area (Å²) in [6.45, 7) is 1.37. The Morgan fingerprint density at radius 2 is 1.56 bits per heavy atom. The largest absolute Gasteiger partial charge is 0.481 e. The van der Waals surface area contributed by atoms with Gasteiger partial charge in [0.05, 0.1) is 33.1 Å². The Kier molecular flexibility index (Phi) is 8.28. The molecule has 1 saturated carbocycles. The average Bonchev–Trinajstić information content (AvgIpc) is 2.79. The van der Waals surface area contributed by atoms with Crippen molar-refractivity contribution >= 4 is 28.8 Å². The number of rotatable bonds is 6. The molecule has 0 radical (unpaired) electrons. The van der Waals surface area contributed by atoms with Crippen LogP contribution in [0.1, 0.15) is 49.4 Å². The molecule has 0 bridgehead atoms. The SMILES string of the molecule is CC(=N)C(=O)c1ccc(-c2ccc([N+](=O)[O-])cc2[N+](=O)[O-])cc1.O=C(O)C1CCCCC1. The summed E-state index contributed by atoms with van der Waals surface area (Å²) in [6.07, 6.45) is 5.24. The van der Waals surface area contributed by atoms with E-state index < -0.39 is 21.6 Å². The van der Waals surface area contributed by atoms with Crippen LogP contribution in [0.15, 0.2) is 42.5 Å². The standard InChI is InChI=1S/C15H11N3O5.C7H12O2/c1-9(16)15(19)11-4-2-10(3-5-11)13-7-6-12(17(20)21)8-14(13)18(22)23;8-7(9)6-4-2-1-3-5-6/h2-8,16H,1H3;6H,1-5H2,(H,8,9). The predicted molar refractivity (Wildman–Crippen MR) is 117 cm³/mol. The zero-order valence-electron chi connectivity index (χ0n) is 17.4. The van der Waals surface area contributed by atoms with E-state index in [2.05, 4.69) is 0 Å². The monoisotopic (exact) mass is 441 g/mol. The number of hydrogen-bond donors (Lipinski definition) is 2. The average molecular weight is 441 g/mol. The lowest BCUT2D eigenvalue weighted by atomic mass is 9.90. The number of aliphatic carboxylic acids is 1. The third-order valence-corrected chi connectivity index (χ3v) is 5.14. The molecule has 2 N–H and O–H groups in total. The molecule has 1 aliphatic rings. The molecule has 10 nitrogen and oxygen atoms in total. The first-order valence-electron chi connectivity index (χ1n) is 9.97. The fraction of sp³-hybridized carbons (Fsp3) is 0.318. The van der Waals surface area contributed by atoms with Crippen LogP contribution in [0, 0.1) is 31.6 Å². The minimum Gasteiger partial charge on any atom is -0.481 e. The Labute approximate surface area is 183 Å². The highest BCUT2D eigenvalue weighted by atomic mass is 16.6. The number of nitro benzene ring substituents is 2. The highest BCUT2D eigenvalue weighted by Crippen LogP contribution is 2.33. The van der Waals surface area contributed by atoms with Crippen LogP contribution < -0.4 is 0 Å². The molecule has 168 valence electrons. The van der Waals surface area contributed by atoms with Crippen molar-refractivity contribution in [1.82, 2.24) is 0 Å². The number of hydrogen-bond acceptors (Lipinski definition) is 7. The molecule has 10 heteroatoms. The summed E-state index contributed by atoms with van der Waals surface area (Å²) in [6, 6.07) is 9.31. The Morgan fingerprint density at radius 3 is 2.00 bits per heavy atom. The number of non-ortho nitro benzene ring substituents is 1. The first-order valence-corrected chi connectivity index (χ1v) is 9.97. The van der Waals surface area contributed by atoms with Crippen LogP contribution in [0.3, 0.4) is 0 Å². The van der Waals surface area contributed by atoms with Gasteiger partial charge in [-0.25, -0.2) is 0 Å². The summed E-state index contributed by atoms with van der Waals surface area (Å²) in [5.74, 6) is -1.07. The van der Waals surface area contributed by atoms with Gasteiger partial charge in [0.1, 0.15) is 0 Å². The van der Waals surface area contributed by atoms with Gasteiger partial charge >= 0.3 is 5.97 Å². The van der Waals surface area contributed by atoms with Gasteiger partial charge in [-0.05, 0) is 31.4 Å². The predicted octanol–water partition coefficient (Wildman–Crippen LogP) is 5.04. The lowest BCUT2D eigenvalue weighted by molar-refractivity contribution is -0.393. The Hall–Kier alpha value is -3.95. The zero-order chi connectivity index (χ0) is 23.8. The molecule has 0 spiro atoms. The van der Waals surface area contributed by atoms with E-state index in [1.54, 1.807) is 0 Å². The van der Waals surface area contributed by atoms with Crippen molar-refractivity contribution in [2.75, 3.05) is 0 Å². The topological polar surface area (TPSA) is 164 Å². The van der Waals surface area contributed by atoms with Gasteiger partial charge in [0, 0.05) is 11.6 Å². The van der Waals surface area contributed by atoms with Gasteiger partial charge < -0.3 is 10.5 Å². The summed E-state index contributed by atoms with van der Waals surface area (Å²) in [4.78, 5) is 42.5. The van der Waals surface area contributed by atoms with Gasteiger partial charge in [0.15, 0.2) is 0 Å². The second-order valence-electron chi connectivity index (χ2n) is 7.42. The summed E-state index contributed by atoms with van der Waals surface area (Å²) in [5.41, 5.74) is 0.0926. The minimum atomic E-state index is -0.703. The van der Waals surface area contributed by atoms with Gasteiger partial charge in [0.25, 0.3) is 11.4 Å². The van der Waals surface area contributed by atoms with Crippen molar-refractivity contribution < 1.29 is 24.5 Å².